The van der Waals surface area contributed by atoms with Crippen LogP contribution < -0.4 is 5.32 Å². The third-order valence-electron chi connectivity index (χ3n) is 3.67. The molecular formula is C11H20ClNO2. The van der Waals surface area contributed by atoms with Crippen molar-refractivity contribution in [2.24, 2.45) is 11.3 Å². The molecule has 2 bridgehead atoms. The van der Waals surface area contributed by atoms with Gasteiger partial charge in [0.05, 0.1) is 12.0 Å². The minimum atomic E-state index is -0.191. The van der Waals surface area contributed by atoms with Crippen molar-refractivity contribution in [1.82, 2.24) is 5.32 Å². The van der Waals surface area contributed by atoms with Crippen molar-refractivity contribution in [2.45, 2.75) is 32.6 Å². The third kappa shape index (κ3) is 2.45. The topological polar surface area (TPSA) is 38.3 Å². The average Bonchev–Trinajstić information content (AvgIpc) is 2.52. The summed E-state index contributed by atoms with van der Waals surface area (Å²) < 4.78 is 5.18. The molecule has 0 aromatic carbocycles. The molecule has 0 amide bonds. The number of nitrogens with one attached hydrogen (secondary N) is 1. The summed E-state index contributed by atoms with van der Waals surface area (Å²) in [6.45, 7) is 4.29. The molecule has 4 heteroatoms. The molecule has 2 saturated heterocycles. The SMILES string of the molecule is CCOC(=O)C12CCC(CC1)CNC2.Cl. The normalized spacial score (nSPS) is 34.1. The molecule has 2 heterocycles. The highest BCUT2D eigenvalue weighted by Gasteiger charge is 2.44. The second kappa shape index (κ2) is 5.17. The second-order valence-electron chi connectivity index (χ2n) is 4.58. The van der Waals surface area contributed by atoms with E-state index >= 15 is 0 Å². The lowest BCUT2D eigenvalue weighted by atomic mass is 9.72. The molecule has 3 rings (SSSR count). The number of rotatable bonds is 2. The maximum Gasteiger partial charge on any atom is 0.313 e. The molecule has 1 saturated carbocycles. The maximum atomic E-state index is 11.9. The van der Waals surface area contributed by atoms with E-state index in [1.807, 2.05) is 6.92 Å². The molecule has 2 aliphatic heterocycles. The fraction of sp³-hybridized carbons (Fsp3) is 0.909. The lowest BCUT2D eigenvalue weighted by Crippen LogP contribution is -2.40. The van der Waals surface area contributed by atoms with Crippen LogP contribution in [-0.4, -0.2) is 25.7 Å². The molecule has 3 nitrogen and oxygen atoms in total. The van der Waals surface area contributed by atoms with E-state index in [0.29, 0.717) is 6.61 Å². The Hall–Kier alpha value is -0.280. The Bertz CT molecular complexity index is 219. The molecule has 0 spiro atoms. The van der Waals surface area contributed by atoms with Gasteiger partial charge < -0.3 is 10.1 Å². The summed E-state index contributed by atoms with van der Waals surface area (Å²) in [6, 6.07) is 0. The summed E-state index contributed by atoms with van der Waals surface area (Å²) in [6.07, 6.45) is 4.41. The van der Waals surface area contributed by atoms with Gasteiger partial charge in [0.15, 0.2) is 0 Å². The number of ether oxygens (including phenoxy) is 1. The van der Waals surface area contributed by atoms with E-state index in [1.54, 1.807) is 0 Å². The third-order valence-corrected chi connectivity index (χ3v) is 3.67. The minimum absolute atomic E-state index is 0. The van der Waals surface area contributed by atoms with Gasteiger partial charge in [0.2, 0.25) is 0 Å². The molecular weight excluding hydrogens is 214 g/mol. The van der Waals surface area contributed by atoms with Crippen LogP contribution in [0.3, 0.4) is 0 Å². The van der Waals surface area contributed by atoms with E-state index in [1.165, 1.54) is 12.8 Å². The van der Waals surface area contributed by atoms with Gasteiger partial charge in [-0.1, -0.05) is 0 Å². The van der Waals surface area contributed by atoms with Crippen LogP contribution in [0, 0.1) is 11.3 Å². The summed E-state index contributed by atoms with van der Waals surface area (Å²) in [4.78, 5) is 11.9. The van der Waals surface area contributed by atoms with Gasteiger partial charge in [-0.05, 0) is 45.1 Å². The number of carbonyl (C=O) groups excluding carboxylic acids is 1. The van der Waals surface area contributed by atoms with Crippen LogP contribution in [0.25, 0.3) is 0 Å². The van der Waals surface area contributed by atoms with Gasteiger partial charge in [0, 0.05) is 6.54 Å². The lowest BCUT2D eigenvalue weighted by molar-refractivity contribution is -0.157. The lowest BCUT2D eigenvalue weighted by Gasteiger charge is -2.33. The number of halogens is 1. The second-order valence-corrected chi connectivity index (χ2v) is 4.58. The van der Waals surface area contributed by atoms with Crippen LogP contribution in [0.15, 0.2) is 0 Å². The first-order chi connectivity index (χ1) is 6.77. The van der Waals surface area contributed by atoms with Crippen LogP contribution in [0.4, 0.5) is 0 Å². The molecule has 3 aliphatic rings. The summed E-state index contributed by atoms with van der Waals surface area (Å²) in [5.74, 6) is 0.813. The van der Waals surface area contributed by atoms with Crippen molar-refractivity contribution in [1.29, 1.82) is 0 Å². The summed E-state index contributed by atoms with van der Waals surface area (Å²) in [5.41, 5.74) is -0.191. The van der Waals surface area contributed by atoms with Crippen molar-refractivity contribution < 1.29 is 9.53 Å². The molecule has 0 unspecified atom stereocenters. The Balaban J connectivity index is 0.00000112. The van der Waals surface area contributed by atoms with Gasteiger partial charge in [-0.3, -0.25) is 4.79 Å². The quantitative estimate of drug-likeness (QED) is 0.739. The van der Waals surface area contributed by atoms with E-state index in [0.717, 1.165) is 31.8 Å². The summed E-state index contributed by atoms with van der Waals surface area (Å²) in [7, 11) is 0. The Kier molecular flexibility index (Phi) is 4.41. The van der Waals surface area contributed by atoms with Gasteiger partial charge in [-0.25, -0.2) is 0 Å². The number of hydrogen-bond acceptors (Lipinski definition) is 3. The number of esters is 1. The van der Waals surface area contributed by atoms with Gasteiger partial charge in [-0.15, -0.1) is 12.4 Å². The zero-order valence-corrected chi connectivity index (χ0v) is 10.1. The van der Waals surface area contributed by atoms with Crippen molar-refractivity contribution in [3.8, 4) is 0 Å². The Morgan fingerprint density at radius 2 is 2.13 bits per heavy atom. The molecule has 1 aliphatic carbocycles. The van der Waals surface area contributed by atoms with Gasteiger partial charge in [0.25, 0.3) is 0 Å². The summed E-state index contributed by atoms with van der Waals surface area (Å²) in [5, 5.41) is 3.39. The zero-order valence-electron chi connectivity index (χ0n) is 9.25. The van der Waals surface area contributed by atoms with Crippen molar-refractivity contribution in [3.05, 3.63) is 0 Å². The first kappa shape index (κ1) is 12.8. The van der Waals surface area contributed by atoms with E-state index in [9.17, 15) is 4.79 Å². The van der Waals surface area contributed by atoms with Crippen LogP contribution in [0.2, 0.25) is 0 Å². The largest absolute Gasteiger partial charge is 0.466 e. The maximum absolute atomic E-state index is 11.9. The van der Waals surface area contributed by atoms with Crippen molar-refractivity contribution in [2.75, 3.05) is 19.7 Å². The van der Waals surface area contributed by atoms with E-state index < -0.39 is 0 Å². The van der Waals surface area contributed by atoms with E-state index in [4.69, 9.17) is 4.74 Å². The van der Waals surface area contributed by atoms with Crippen molar-refractivity contribution in [3.63, 3.8) is 0 Å². The van der Waals surface area contributed by atoms with Gasteiger partial charge in [0.1, 0.15) is 0 Å². The molecule has 0 radical (unpaired) electrons. The van der Waals surface area contributed by atoms with Crippen LogP contribution >= 0.6 is 12.4 Å². The molecule has 0 aromatic rings. The average molecular weight is 234 g/mol. The molecule has 88 valence electrons. The first-order valence-electron chi connectivity index (χ1n) is 5.65. The molecule has 1 N–H and O–H groups in total. The predicted molar refractivity (Wildman–Crippen MR) is 61.1 cm³/mol. The van der Waals surface area contributed by atoms with Crippen LogP contribution in [-0.2, 0) is 9.53 Å². The molecule has 3 fully saturated rings. The highest BCUT2D eigenvalue weighted by molar-refractivity contribution is 5.85. The van der Waals surface area contributed by atoms with E-state index in [2.05, 4.69) is 5.32 Å². The monoisotopic (exact) mass is 233 g/mol. The Morgan fingerprint density at radius 3 is 2.73 bits per heavy atom. The van der Waals surface area contributed by atoms with Gasteiger partial charge >= 0.3 is 5.97 Å². The van der Waals surface area contributed by atoms with Crippen molar-refractivity contribution >= 4 is 18.4 Å². The fourth-order valence-corrected chi connectivity index (χ4v) is 2.69. The Morgan fingerprint density at radius 1 is 1.47 bits per heavy atom. The number of hydrogen-bond donors (Lipinski definition) is 1. The number of carbonyl (C=O) groups is 1. The molecule has 15 heavy (non-hydrogen) atoms. The summed E-state index contributed by atoms with van der Waals surface area (Å²) >= 11 is 0. The predicted octanol–water partition coefficient (Wildman–Crippen LogP) is 1.75. The van der Waals surface area contributed by atoms with Crippen LogP contribution in [0.5, 0.6) is 0 Å². The molecule has 0 atom stereocenters. The highest BCUT2D eigenvalue weighted by atomic mass is 35.5. The standard InChI is InChI=1S/C11H19NO2.ClH/c1-2-14-10(13)11-5-3-9(4-6-11)7-12-8-11;/h9,12H,2-8H2,1H3;1H. The smallest absolute Gasteiger partial charge is 0.313 e. The fourth-order valence-electron chi connectivity index (χ4n) is 2.69. The Labute approximate surface area is 97.4 Å². The number of fused-ring (bicyclic) bond motifs is 4. The van der Waals surface area contributed by atoms with E-state index in [-0.39, 0.29) is 23.8 Å². The highest BCUT2D eigenvalue weighted by Crippen LogP contribution is 2.41. The zero-order chi connectivity index (χ0) is 10.0. The van der Waals surface area contributed by atoms with Gasteiger partial charge in [-0.2, -0.15) is 0 Å². The molecule has 0 aromatic heterocycles. The minimum Gasteiger partial charge on any atom is -0.466 e. The van der Waals surface area contributed by atoms with Crippen LogP contribution in [0.1, 0.15) is 32.6 Å². The first-order valence-corrected chi connectivity index (χ1v) is 5.65.